The molecule has 3 unspecified atom stereocenters. The van der Waals surface area contributed by atoms with Crippen molar-refractivity contribution >= 4 is 11.8 Å². The van der Waals surface area contributed by atoms with E-state index in [9.17, 15) is 0 Å². The van der Waals surface area contributed by atoms with Crippen LogP contribution in [-0.4, -0.2) is 17.0 Å². The molecule has 0 amide bonds. The summed E-state index contributed by atoms with van der Waals surface area (Å²) in [7, 11) is 0. The van der Waals surface area contributed by atoms with Gasteiger partial charge in [-0.25, -0.2) is 0 Å². The Balaban J connectivity index is 1.95. The van der Waals surface area contributed by atoms with Gasteiger partial charge in [0.1, 0.15) is 0 Å². The third kappa shape index (κ3) is 1.70. The Hall–Kier alpha value is -0.470. The molecule has 1 aromatic rings. The van der Waals surface area contributed by atoms with Crippen LogP contribution in [-0.2, 0) is 6.42 Å². The van der Waals surface area contributed by atoms with E-state index in [4.69, 9.17) is 0 Å². The van der Waals surface area contributed by atoms with Gasteiger partial charge in [0.15, 0.2) is 0 Å². The van der Waals surface area contributed by atoms with Crippen LogP contribution in [0.5, 0.6) is 0 Å². The van der Waals surface area contributed by atoms with Crippen LogP contribution in [0.15, 0.2) is 24.3 Å². The first kappa shape index (κ1) is 9.73. The summed E-state index contributed by atoms with van der Waals surface area (Å²) in [4.78, 5) is 0. The van der Waals surface area contributed by atoms with E-state index in [2.05, 4.69) is 48.3 Å². The van der Waals surface area contributed by atoms with Crippen LogP contribution in [0.1, 0.15) is 30.5 Å². The quantitative estimate of drug-likeness (QED) is 0.720. The summed E-state index contributed by atoms with van der Waals surface area (Å²) >= 11 is 2.15. The summed E-state index contributed by atoms with van der Waals surface area (Å²) in [6.07, 6.45) is 2.56. The molecule has 1 saturated heterocycles. The van der Waals surface area contributed by atoms with Crippen LogP contribution in [0, 0.1) is 0 Å². The van der Waals surface area contributed by atoms with Crippen molar-refractivity contribution in [3.63, 3.8) is 0 Å². The second-order valence-corrected chi connectivity index (χ2v) is 5.99. The molecule has 1 fully saturated rings. The van der Waals surface area contributed by atoms with Gasteiger partial charge in [0.25, 0.3) is 0 Å². The average Bonchev–Trinajstić information content (AvgIpc) is 2.47. The molecule has 0 radical (unpaired) electrons. The van der Waals surface area contributed by atoms with Crippen molar-refractivity contribution in [2.45, 2.75) is 37.1 Å². The molecule has 1 N–H and O–H groups in total. The first-order chi connectivity index (χ1) is 7.34. The lowest BCUT2D eigenvalue weighted by atomic mass is 10.1. The molecule has 2 aliphatic rings. The molecule has 80 valence electrons. The molecule has 1 aliphatic carbocycles. The van der Waals surface area contributed by atoms with Gasteiger partial charge in [-0.3, -0.25) is 0 Å². The molecular formula is C13H17NS. The number of hydrogen-bond acceptors (Lipinski definition) is 2. The summed E-state index contributed by atoms with van der Waals surface area (Å²) in [5, 5.41) is 4.55. The lowest BCUT2D eigenvalue weighted by Crippen LogP contribution is -2.31. The van der Waals surface area contributed by atoms with Crippen molar-refractivity contribution in [2.24, 2.45) is 0 Å². The van der Waals surface area contributed by atoms with Crippen molar-refractivity contribution in [1.29, 1.82) is 0 Å². The van der Waals surface area contributed by atoms with Crippen LogP contribution in [0.25, 0.3) is 0 Å². The van der Waals surface area contributed by atoms with Gasteiger partial charge >= 0.3 is 0 Å². The fourth-order valence-electron chi connectivity index (χ4n) is 2.70. The third-order valence-electron chi connectivity index (χ3n) is 3.53. The second-order valence-electron chi connectivity index (χ2n) is 4.65. The lowest BCUT2D eigenvalue weighted by Gasteiger charge is -2.20. The van der Waals surface area contributed by atoms with E-state index in [1.54, 1.807) is 11.1 Å². The van der Waals surface area contributed by atoms with Crippen LogP contribution in [0.4, 0.5) is 0 Å². The first-order valence-corrected chi connectivity index (χ1v) is 6.85. The van der Waals surface area contributed by atoms with Crippen molar-refractivity contribution < 1.29 is 0 Å². The zero-order chi connectivity index (χ0) is 10.3. The minimum atomic E-state index is 0.601. The van der Waals surface area contributed by atoms with E-state index < -0.39 is 0 Å². The molecule has 1 aromatic carbocycles. The lowest BCUT2D eigenvalue weighted by molar-refractivity contribution is 0.464. The van der Waals surface area contributed by atoms with Gasteiger partial charge in [0, 0.05) is 17.3 Å². The molecule has 3 atom stereocenters. The minimum absolute atomic E-state index is 0.601. The molecule has 1 aliphatic heterocycles. The van der Waals surface area contributed by atoms with E-state index in [-0.39, 0.29) is 0 Å². The molecule has 1 heterocycles. The van der Waals surface area contributed by atoms with Gasteiger partial charge in [0.2, 0.25) is 0 Å². The van der Waals surface area contributed by atoms with E-state index >= 15 is 0 Å². The first-order valence-electron chi connectivity index (χ1n) is 5.80. The Kier molecular flexibility index (Phi) is 2.49. The number of nitrogens with one attached hydrogen (secondary N) is 1. The maximum atomic E-state index is 3.78. The highest BCUT2D eigenvalue weighted by Crippen LogP contribution is 2.40. The van der Waals surface area contributed by atoms with Crippen LogP contribution in [0.3, 0.4) is 0 Å². The highest BCUT2D eigenvalue weighted by atomic mass is 32.2. The normalized spacial score (nSPS) is 34.3. The fourth-order valence-corrected chi connectivity index (χ4v) is 4.20. The molecule has 0 saturated carbocycles. The SMILES string of the molecule is CC1CCSC2Cc3ccccc3C2N1. The summed E-state index contributed by atoms with van der Waals surface area (Å²) in [6.45, 7) is 2.31. The van der Waals surface area contributed by atoms with E-state index in [1.807, 2.05) is 0 Å². The van der Waals surface area contributed by atoms with Crippen LogP contribution < -0.4 is 5.32 Å². The molecule has 1 nitrogen and oxygen atoms in total. The van der Waals surface area contributed by atoms with Gasteiger partial charge in [0.05, 0.1) is 0 Å². The Bertz CT molecular complexity index is 363. The Morgan fingerprint density at radius 3 is 3.13 bits per heavy atom. The molecule has 0 bridgehead atoms. The van der Waals surface area contributed by atoms with Crippen LogP contribution in [0.2, 0.25) is 0 Å². The van der Waals surface area contributed by atoms with Crippen LogP contribution >= 0.6 is 11.8 Å². The standard InChI is InChI=1S/C13H17NS/c1-9-6-7-15-12-8-10-4-2-3-5-11(10)13(12)14-9/h2-5,9,12-14H,6-8H2,1H3. The van der Waals surface area contributed by atoms with Gasteiger partial charge in [-0.15, -0.1) is 0 Å². The predicted molar refractivity (Wildman–Crippen MR) is 66.3 cm³/mol. The Morgan fingerprint density at radius 1 is 1.33 bits per heavy atom. The summed E-state index contributed by atoms with van der Waals surface area (Å²) in [5.74, 6) is 1.31. The Labute approximate surface area is 95.6 Å². The molecular weight excluding hydrogens is 202 g/mol. The topological polar surface area (TPSA) is 12.0 Å². The van der Waals surface area contributed by atoms with Gasteiger partial charge in [-0.2, -0.15) is 11.8 Å². The number of fused-ring (bicyclic) bond motifs is 3. The third-order valence-corrected chi connectivity index (χ3v) is 4.87. The number of thioether (sulfide) groups is 1. The summed E-state index contributed by atoms with van der Waals surface area (Å²) in [5.41, 5.74) is 3.10. The van der Waals surface area contributed by atoms with Gasteiger partial charge < -0.3 is 5.32 Å². The fraction of sp³-hybridized carbons (Fsp3) is 0.538. The zero-order valence-corrected chi connectivity index (χ0v) is 9.89. The van der Waals surface area contributed by atoms with Crippen molar-refractivity contribution in [1.82, 2.24) is 5.32 Å². The minimum Gasteiger partial charge on any atom is -0.306 e. The van der Waals surface area contributed by atoms with Crippen molar-refractivity contribution in [2.75, 3.05) is 5.75 Å². The number of hydrogen-bond donors (Lipinski definition) is 1. The van der Waals surface area contributed by atoms with E-state index in [1.165, 1.54) is 18.6 Å². The maximum Gasteiger partial charge on any atom is 0.0448 e. The maximum absolute atomic E-state index is 3.78. The molecule has 0 aromatic heterocycles. The predicted octanol–water partition coefficient (Wildman–Crippen LogP) is 2.77. The summed E-state index contributed by atoms with van der Waals surface area (Å²) < 4.78 is 0. The van der Waals surface area contributed by atoms with E-state index in [0.29, 0.717) is 12.1 Å². The van der Waals surface area contributed by atoms with Gasteiger partial charge in [-0.1, -0.05) is 24.3 Å². The smallest absolute Gasteiger partial charge is 0.0448 e. The number of rotatable bonds is 0. The second kappa shape index (κ2) is 3.84. The molecule has 0 spiro atoms. The van der Waals surface area contributed by atoms with Gasteiger partial charge in [-0.05, 0) is 36.6 Å². The number of benzene rings is 1. The van der Waals surface area contributed by atoms with Crippen molar-refractivity contribution in [3.8, 4) is 0 Å². The monoisotopic (exact) mass is 219 g/mol. The molecule has 2 heteroatoms. The average molecular weight is 219 g/mol. The highest BCUT2D eigenvalue weighted by molar-refractivity contribution is 7.99. The molecule has 15 heavy (non-hydrogen) atoms. The van der Waals surface area contributed by atoms with E-state index in [0.717, 1.165) is 5.25 Å². The molecule has 3 rings (SSSR count). The zero-order valence-electron chi connectivity index (χ0n) is 9.07. The highest BCUT2D eigenvalue weighted by Gasteiger charge is 2.34. The largest absolute Gasteiger partial charge is 0.306 e. The van der Waals surface area contributed by atoms with Crippen molar-refractivity contribution in [3.05, 3.63) is 35.4 Å². The summed E-state index contributed by atoms with van der Waals surface area (Å²) in [6, 6.07) is 10.2. The Morgan fingerprint density at radius 2 is 2.20 bits per heavy atom.